The van der Waals surface area contributed by atoms with E-state index in [0.29, 0.717) is 11.3 Å². The van der Waals surface area contributed by atoms with E-state index in [2.05, 4.69) is 5.10 Å². The van der Waals surface area contributed by atoms with Crippen molar-refractivity contribution in [1.82, 2.24) is 14.7 Å². The molecule has 0 saturated carbocycles. The molecule has 20 heavy (non-hydrogen) atoms. The lowest BCUT2D eigenvalue weighted by Crippen LogP contribution is -2.30. The number of hydrogen-bond donors (Lipinski definition) is 0. The van der Waals surface area contributed by atoms with Crippen LogP contribution < -0.4 is 0 Å². The predicted octanol–water partition coefficient (Wildman–Crippen LogP) is 1.09. The Morgan fingerprint density at radius 3 is 2.20 bits per heavy atom. The maximum atomic E-state index is 13.9. The first-order valence-electron chi connectivity index (χ1n) is 6.39. The second-order valence-electron chi connectivity index (χ2n) is 5.06. The summed E-state index contributed by atoms with van der Waals surface area (Å²) in [5.74, 6) is -1.96. The molecule has 0 aromatic carbocycles. The number of imide groups is 1. The molecule has 0 N–H and O–H groups in total. The highest BCUT2D eigenvalue weighted by Crippen LogP contribution is 2.32. The average Bonchev–Trinajstić information content (AvgIpc) is 2.82. The first-order chi connectivity index (χ1) is 9.50. The Labute approximate surface area is 115 Å². The number of fused-ring (bicyclic) bond motifs is 1. The van der Waals surface area contributed by atoms with Crippen LogP contribution in [0.15, 0.2) is 24.3 Å². The van der Waals surface area contributed by atoms with Crippen molar-refractivity contribution in [2.24, 2.45) is 18.9 Å². The summed E-state index contributed by atoms with van der Waals surface area (Å²) in [6, 6.07) is 0. The summed E-state index contributed by atoms with van der Waals surface area (Å²) in [5.41, 5.74) is 0.785. The quantitative estimate of drug-likeness (QED) is 0.759. The van der Waals surface area contributed by atoms with Crippen LogP contribution in [0.4, 0.5) is 4.39 Å². The van der Waals surface area contributed by atoms with Gasteiger partial charge >= 0.3 is 0 Å². The van der Waals surface area contributed by atoms with Gasteiger partial charge in [-0.05, 0) is 6.92 Å². The molecule has 0 unspecified atom stereocenters. The molecule has 5 nitrogen and oxygen atoms in total. The van der Waals surface area contributed by atoms with Gasteiger partial charge in [0.05, 0.1) is 24.1 Å². The number of carbonyl (C=O) groups is 2. The van der Waals surface area contributed by atoms with Crippen LogP contribution in [-0.2, 0) is 23.2 Å². The summed E-state index contributed by atoms with van der Waals surface area (Å²) in [5, 5.41) is 3.96. The molecule has 1 aromatic rings. The summed E-state index contributed by atoms with van der Waals surface area (Å²) in [6.45, 7) is 1.61. The van der Waals surface area contributed by atoms with Crippen molar-refractivity contribution in [2.75, 3.05) is 0 Å². The zero-order chi connectivity index (χ0) is 14.4. The van der Waals surface area contributed by atoms with Crippen LogP contribution in [-0.4, -0.2) is 26.5 Å². The molecule has 1 saturated heterocycles. The molecular weight excluding hydrogens is 261 g/mol. The van der Waals surface area contributed by atoms with Gasteiger partial charge < -0.3 is 0 Å². The van der Waals surface area contributed by atoms with Crippen molar-refractivity contribution in [3.8, 4) is 0 Å². The van der Waals surface area contributed by atoms with Crippen molar-refractivity contribution >= 4 is 11.8 Å². The topological polar surface area (TPSA) is 55.2 Å². The molecular formula is C14H14FN3O2. The van der Waals surface area contributed by atoms with Gasteiger partial charge in [-0.3, -0.25) is 14.5 Å². The van der Waals surface area contributed by atoms with Crippen molar-refractivity contribution in [1.29, 1.82) is 0 Å². The average molecular weight is 275 g/mol. The Morgan fingerprint density at radius 1 is 1.20 bits per heavy atom. The monoisotopic (exact) mass is 275 g/mol. The van der Waals surface area contributed by atoms with Gasteiger partial charge in [0.2, 0.25) is 17.8 Å². The number of aryl methyl sites for hydroxylation is 2. The fraction of sp³-hybridized carbons (Fsp3) is 0.357. The van der Waals surface area contributed by atoms with E-state index in [1.54, 1.807) is 31.2 Å². The highest BCUT2D eigenvalue weighted by atomic mass is 19.1. The zero-order valence-electron chi connectivity index (χ0n) is 11.2. The van der Waals surface area contributed by atoms with Gasteiger partial charge in [0.15, 0.2) is 0 Å². The minimum atomic E-state index is -0.510. The van der Waals surface area contributed by atoms with Gasteiger partial charge in [0.25, 0.3) is 0 Å². The molecule has 104 valence electrons. The molecule has 2 atom stereocenters. The third-order valence-corrected chi connectivity index (χ3v) is 3.82. The van der Waals surface area contributed by atoms with Crippen LogP contribution in [0.1, 0.15) is 11.3 Å². The molecule has 2 amide bonds. The third kappa shape index (κ3) is 1.71. The number of halogens is 1. The lowest BCUT2D eigenvalue weighted by Gasteiger charge is -2.13. The van der Waals surface area contributed by atoms with Crippen LogP contribution >= 0.6 is 0 Å². The van der Waals surface area contributed by atoms with Gasteiger partial charge in [-0.15, -0.1) is 0 Å². The SMILES string of the molecule is Cc1nn(C)c(F)c1CN1C(=O)[C@H]2C=CC=C[C@@H]2C1=O. The normalized spacial score (nSPS) is 24.6. The van der Waals surface area contributed by atoms with E-state index in [-0.39, 0.29) is 18.4 Å². The Kier molecular flexibility index (Phi) is 2.81. The second-order valence-corrected chi connectivity index (χ2v) is 5.06. The summed E-state index contributed by atoms with van der Waals surface area (Å²) >= 11 is 0. The van der Waals surface area contributed by atoms with Crippen LogP contribution in [0, 0.1) is 24.7 Å². The number of carbonyl (C=O) groups excluding carboxylic acids is 2. The molecule has 1 aliphatic heterocycles. The standard InChI is InChI=1S/C14H14FN3O2/c1-8-11(12(15)17(2)16-8)7-18-13(19)9-5-3-4-6-10(9)14(18)20/h3-6,9-10H,7H2,1-2H3/t9-,10-/m0/s1. The first kappa shape index (κ1) is 12.8. The molecule has 0 bridgehead atoms. The van der Waals surface area contributed by atoms with Crippen molar-refractivity contribution in [3.63, 3.8) is 0 Å². The fourth-order valence-electron chi connectivity index (χ4n) is 2.71. The van der Waals surface area contributed by atoms with E-state index in [1.165, 1.54) is 7.05 Å². The maximum absolute atomic E-state index is 13.9. The highest BCUT2D eigenvalue weighted by Gasteiger charge is 2.45. The van der Waals surface area contributed by atoms with E-state index in [0.717, 1.165) is 9.58 Å². The molecule has 6 heteroatoms. The molecule has 1 aromatic heterocycles. The lowest BCUT2D eigenvalue weighted by atomic mass is 9.91. The van der Waals surface area contributed by atoms with E-state index in [9.17, 15) is 14.0 Å². The van der Waals surface area contributed by atoms with Crippen LogP contribution in [0.2, 0.25) is 0 Å². The first-order valence-corrected chi connectivity index (χ1v) is 6.39. The number of allylic oxidation sites excluding steroid dienone is 2. The Bertz CT molecular complexity index is 630. The fourth-order valence-corrected chi connectivity index (χ4v) is 2.71. The highest BCUT2D eigenvalue weighted by molar-refractivity contribution is 6.07. The van der Waals surface area contributed by atoms with Crippen LogP contribution in [0.25, 0.3) is 0 Å². The van der Waals surface area contributed by atoms with Crippen molar-refractivity contribution in [2.45, 2.75) is 13.5 Å². The van der Waals surface area contributed by atoms with Crippen molar-refractivity contribution < 1.29 is 14.0 Å². The van der Waals surface area contributed by atoms with Crippen molar-refractivity contribution in [3.05, 3.63) is 41.5 Å². The van der Waals surface area contributed by atoms with E-state index >= 15 is 0 Å². The summed E-state index contributed by atoms with van der Waals surface area (Å²) < 4.78 is 15.0. The molecule has 0 radical (unpaired) electrons. The molecule has 3 rings (SSSR count). The van der Waals surface area contributed by atoms with Crippen LogP contribution in [0.5, 0.6) is 0 Å². The van der Waals surface area contributed by atoms with Gasteiger partial charge in [-0.2, -0.15) is 9.49 Å². The lowest BCUT2D eigenvalue weighted by molar-refractivity contribution is -0.140. The molecule has 2 heterocycles. The summed E-state index contributed by atoms with van der Waals surface area (Å²) in [6.07, 6.45) is 6.95. The summed E-state index contributed by atoms with van der Waals surface area (Å²) in [4.78, 5) is 25.6. The number of amides is 2. The third-order valence-electron chi connectivity index (χ3n) is 3.82. The summed E-state index contributed by atoms with van der Waals surface area (Å²) in [7, 11) is 1.49. The Morgan fingerprint density at radius 2 is 1.75 bits per heavy atom. The zero-order valence-corrected chi connectivity index (χ0v) is 11.2. The number of rotatable bonds is 2. The molecule has 1 aliphatic carbocycles. The Hall–Kier alpha value is -2.24. The second kappa shape index (κ2) is 4.40. The van der Waals surface area contributed by atoms with Gasteiger partial charge in [-0.1, -0.05) is 24.3 Å². The Balaban J connectivity index is 1.92. The number of aromatic nitrogens is 2. The van der Waals surface area contributed by atoms with E-state index in [1.807, 2.05) is 0 Å². The number of nitrogens with zero attached hydrogens (tertiary/aromatic N) is 3. The van der Waals surface area contributed by atoms with E-state index in [4.69, 9.17) is 0 Å². The molecule has 2 aliphatic rings. The largest absolute Gasteiger partial charge is 0.277 e. The van der Waals surface area contributed by atoms with E-state index < -0.39 is 17.8 Å². The minimum absolute atomic E-state index is 0.0577. The molecule has 1 fully saturated rings. The minimum Gasteiger partial charge on any atom is -0.277 e. The number of likely N-dealkylation sites (tertiary alicyclic amines) is 1. The number of hydrogen-bond acceptors (Lipinski definition) is 3. The predicted molar refractivity (Wildman–Crippen MR) is 68.7 cm³/mol. The van der Waals surface area contributed by atoms with Gasteiger partial charge in [0.1, 0.15) is 0 Å². The smallest absolute Gasteiger partial charge is 0.237 e. The van der Waals surface area contributed by atoms with Gasteiger partial charge in [0, 0.05) is 12.6 Å². The van der Waals surface area contributed by atoms with Gasteiger partial charge in [-0.25, -0.2) is 4.68 Å². The van der Waals surface area contributed by atoms with Crippen LogP contribution in [0.3, 0.4) is 0 Å². The maximum Gasteiger partial charge on any atom is 0.237 e. The molecule has 0 spiro atoms.